The summed E-state index contributed by atoms with van der Waals surface area (Å²) in [6.07, 6.45) is 5.55. The van der Waals surface area contributed by atoms with Gasteiger partial charge in [-0.2, -0.15) is 0 Å². The lowest BCUT2D eigenvalue weighted by Gasteiger charge is -2.50. The van der Waals surface area contributed by atoms with Gasteiger partial charge in [0.2, 0.25) is 0 Å². The van der Waals surface area contributed by atoms with Crippen molar-refractivity contribution < 1.29 is 9.90 Å². The van der Waals surface area contributed by atoms with Gasteiger partial charge >= 0.3 is 5.97 Å². The summed E-state index contributed by atoms with van der Waals surface area (Å²) >= 11 is 0. The average Bonchev–Trinajstić information content (AvgIpc) is 2.65. The molecule has 0 amide bonds. The minimum Gasteiger partial charge on any atom is -0.481 e. The van der Waals surface area contributed by atoms with E-state index in [9.17, 15) is 4.79 Å². The van der Waals surface area contributed by atoms with Crippen LogP contribution in [0.4, 0.5) is 0 Å². The fraction of sp³-hybridized carbons (Fsp3) is 0.917. The Labute approximate surface area is 90.5 Å². The third-order valence-electron chi connectivity index (χ3n) is 4.83. The maximum Gasteiger partial charge on any atom is 0.303 e. The second-order valence-corrected chi connectivity index (χ2v) is 5.46. The van der Waals surface area contributed by atoms with Crippen molar-refractivity contribution in [3.63, 3.8) is 0 Å². The first-order valence-electron chi connectivity index (χ1n) is 6.21. The summed E-state index contributed by atoms with van der Waals surface area (Å²) in [6, 6.07) is 0.619. The third kappa shape index (κ3) is 1.48. The van der Waals surface area contributed by atoms with E-state index in [1.165, 1.54) is 32.4 Å². The van der Waals surface area contributed by atoms with Gasteiger partial charge in [-0.15, -0.1) is 0 Å². The van der Waals surface area contributed by atoms with Crippen LogP contribution in [-0.2, 0) is 4.79 Å². The molecular weight excluding hydrogens is 190 g/mol. The van der Waals surface area contributed by atoms with E-state index in [1.54, 1.807) is 0 Å². The first-order valence-corrected chi connectivity index (χ1v) is 6.21. The largest absolute Gasteiger partial charge is 0.481 e. The molecule has 4 rings (SSSR count). The molecule has 1 N–H and O–H groups in total. The Kier molecular flexibility index (Phi) is 2.23. The Morgan fingerprint density at radius 3 is 2.60 bits per heavy atom. The SMILES string of the molecule is O=C(O)CC1CCC2C3CCN(CC3)C12. The fourth-order valence-corrected chi connectivity index (χ4v) is 4.27. The van der Waals surface area contributed by atoms with Gasteiger partial charge in [0.25, 0.3) is 0 Å². The number of hydrogen-bond donors (Lipinski definition) is 1. The highest BCUT2D eigenvalue weighted by Gasteiger charge is 2.49. The third-order valence-corrected chi connectivity index (χ3v) is 4.83. The second kappa shape index (κ2) is 3.48. The van der Waals surface area contributed by atoms with E-state index in [0.717, 1.165) is 18.3 Å². The lowest BCUT2D eigenvalue weighted by atomic mass is 9.73. The lowest BCUT2D eigenvalue weighted by Crippen LogP contribution is -2.54. The van der Waals surface area contributed by atoms with Crippen LogP contribution in [0.3, 0.4) is 0 Å². The lowest BCUT2D eigenvalue weighted by molar-refractivity contribution is -0.139. The molecule has 1 saturated carbocycles. The van der Waals surface area contributed by atoms with E-state index in [4.69, 9.17) is 5.11 Å². The number of aliphatic carboxylic acids is 1. The van der Waals surface area contributed by atoms with Crippen molar-refractivity contribution in [1.29, 1.82) is 0 Å². The first-order chi connectivity index (χ1) is 7.25. The molecule has 4 aliphatic rings. The summed E-state index contributed by atoms with van der Waals surface area (Å²) in [5.41, 5.74) is 0. The number of piperidine rings is 3. The number of rotatable bonds is 2. The maximum absolute atomic E-state index is 10.8. The molecular formula is C12H19NO2. The highest BCUT2D eigenvalue weighted by molar-refractivity contribution is 5.67. The van der Waals surface area contributed by atoms with Crippen molar-refractivity contribution in [2.75, 3.05) is 13.1 Å². The van der Waals surface area contributed by atoms with Crippen molar-refractivity contribution in [1.82, 2.24) is 4.90 Å². The molecule has 3 atom stereocenters. The van der Waals surface area contributed by atoms with Crippen LogP contribution in [0.2, 0.25) is 0 Å². The molecule has 3 heterocycles. The van der Waals surface area contributed by atoms with Gasteiger partial charge in [-0.1, -0.05) is 0 Å². The molecule has 0 aromatic carbocycles. The number of carboxylic acids is 1. The zero-order valence-electron chi connectivity index (χ0n) is 9.06. The minimum atomic E-state index is -0.608. The van der Waals surface area contributed by atoms with E-state index < -0.39 is 5.97 Å². The molecule has 4 fully saturated rings. The Hall–Kier alpha value is -0.570. The van der Waals surface area contributed by atoms with Crippen LogP contribution >= 0.6 is 0 Å². The van der Waals surface area contributed by atoms with Gasteiger partial charge in [-0.25, -0.2) is 0 Å². The molecule has 2 bridgehead atoms. The van der Waals surface area contributed by atoms with Gasteiger partial charge in [0.05, 0.1) is 0 Å². The summed E-state index contributed by atoms with van der Waals surface area (Å²) < 4.78 is 0. The molecule has 84 valence electrons. The molecule has 3 unspecified atom stereocenters. The molecule has 3 aliphatic heterocycles. The quantitative estimate of drug-likeness (QED) is 0.750. The fourth-order valence-electron chi connectivity index (χ4n) is 4.27. The molecule has 3 saturated heterocycles. The van der Waals surface area contributed by atoms with E-state index >= 15 is 0 Å². The predicted molar refractivity (Wildman–Crippen MR) is 56.6 cm³/mol. The van der Waals surface area contributed by atoms with Crippen LogP contribution in [0.25, 0.3) is 0 Å². The van der Waals surface area contributed by atoms with Crippen LogP contribution in [-0.4, -0.2) is 35.1 Å². The van der Waals surface area contributed by atoms with Gasteiger partial charge in [0, 0.05) is 12.5 Å². The van der Waals surface area contributed by atoms with Gasteiger partial charge < -0.3 is 5.11 Å². The van der Waals surface area contributed by atoms with Crippen LogP contribution in [0.5, 0.6) is 0 Å². The number of fused-ring (bicyclic) bond motifs is 2. The molecule has 3 nitrogen and oxygen atoms in total. The average molecular weight is 209 g/mol. The summed E-state index contributed by atoms with van der Waals surface area (Å²) in [7, 11) is 0. The summed E-state index contributed by atoms with van der Waals surface area (Å²) in [4.78, 5) is 13.4. The van der Waals surface area contributed by atoms with Gasteiger partial charge in [0.1, 0.15) is 0 Å². The molecule has 0 radical (unpaired) electrons. The molecule has 3 heteroatoms. The summed E-state index contributed by atoms with van der Waals surface area (Å²) in [5.74, 6) is 1.58. The Morgan fingerprint density at radius 1 is 1.20 bits per heavy atom. The standard InChI is InChI=1S/C12H19NO2/c14-11(15)7-9-1-2-10-8-3-5-13(6-4-8)12(9)10/h8-10,12H,1-7H2,(H,14,15). The molecule has 0 aromatic rings. The number of carboxylic acid groups (broad SMARTS) is 1. The van der Waals surface area contributed by atoms with Gasteiger partial charge in [0.15, 0.2) is 0 Å². The highest BCUT2D eigenvalue weighted by Crippen LogP contribution is 2.49. The molecule has 15 heavy (non-hydrogen) atoms. The van der Waals surface area contributed by atoms with Crippen LogP contribution < -0.4 is 0 Å². The second-order valence-electron chi connectivity index (χ2n) is 5.46. The molecule has 1 aliphatic carbocycles. The van der Waals surface area contributed by atoms with E-state index in [1.807, 2.05) is 0 Å². The zero-order valence-corrected chi connectivity index (χ0v) is 9.06. The van der Waals surface area contributed by atoms with E-state index in [2.05, 4.69) is 4.90 Å². The van der Waals surface area contributed by atoms with E-state index in [0.29, 0.717) is 18.4 Å². The molecule has 0 spiro atoms. The van der Waals surface area contributed by atoms with Crippen molar-refractivity contribution in [2.45, 2.75) is 38.1 Å². The number of nitrogens with zero attached hydrogens (tertiary/aromatic N) is 1. The van der Waals surface area contributed by atoms with E-state index in [-0.39, 0.29) is 0 Å². The summed E-state index contributed by atoms with van der Waals surface area (Å²) in [6.45, 7) is 2.45. The normalized spacial score (nSPS) is 47.9. The predicted octanol–water partition coefficient (Wildman–Crippen LogP) is 1.58. The summed E-state index contributed by atoms with van der Waals surface area (Å²) in [5, 5.41) is 8.92. The van der Waals surface area contributed by atoms with Crippen molar-refractivity contribution in [2.24, 2.45) is 17.8 Å². The smallest absolute Gasteiger partial charge is 0.303 e. The van der Waals surface area contributed by atoms with Gasteiger partial charge in [-0.3, -0.25) is 9.69 Å². The van der Waals surface area contributed by atoms with Crippen molar-refractivity contribution in [3.05, 3.63) is 0 Å². The highest BCUT2D eigenvalue weighted by atomic mass is 16.4. The Bertz CT molecular complexity index is 271. The molecule has 0 aromatic heterocycles. The topological polar surface area (TPSA) is 40.5 Å². The van der Waals surface area contributed by atoms with Crippen molar-refractivity contribution in [3.8, 4) is 0 Å². The first kappa shape index (κ1) is 9.64. The van der Waals surface area contributed by atoms with Crippen LogP contribution in [0, 0.1) is 17.8 Å². The van der Waals surface area contributed by atoms with Crippen molar-refractivity contribution >= 4 is 5.97 Å². The van der Waals surface area contributed by atoms with Crippen LogP contribution in [0.1, 0.15) is 32.1 Å². The minimum absolute atomic E-state index is 0.393. The monoisotopic (exact) mass is 209 g/mol. The maximum atomic E-state index is 10.8. The van der Waals surface area contributed by atoms with Gasteiger partial charge in [-0.05, 0) is 56.5 Å². The Morgan fingerprint density at radius 2 is 1.93 bits per heavy atom. The Balaban J connectivity index is 1.77. The van der Waals surface area contributed by atoms with Crippen LogP contribution in [0.15, 0.2) is 0 Å². The number of carbonyl (C=O) groups is 1. The zero-order chi connectivity index (χ0) is 10.4. The number of hydrogen-bond acceptors (Lipinski definition) is 2.